The Hall–Kier alpha value is -5.22. The molecule has 0 saturated carbocycles. The zero-order valence-electron chi connectivity index (χ0n) is 28.8. The molecule has 48 heavy (non-hydrogen) atoms. The summed E-state index contributed by atoms with van der Waals surface area (Å²) in [4.78, 5) is 7.64. The maximum Gasteiger partial charge on any atom is 0.332 e. The van der Waals surface area contributed by atoms with Gasteiger partial charge in [-0.1, -0.05) is 139 Å². The lowest BCUT2D eigenvalue weighted by Crippen LogP contribution is -2.60. The standard InChI is InChI=1S/C44H42BN3/c1-43(2,3)33-23-17-29-39-41(33)48(42-34(44(4,5)6)24-18-30-40(42)47(39)32-21-11-8-12-22-32)45-35-25-13-15-27-37(35)46(31-19-9-7-10-20-31)38-28-16-14-26-36(38)45/h7-30H,1-6H3. The van der Waals surface area contributed by atoms with Crippen molar-refractivity contribution in [2.24, 2.45) is 0 Å². The summed E-state index contributed by atoms with van der Waals surface area (Å²) in [6.07, 6.45) is 0. The molecule has 6 aromatic rings. The van der Waals surface area contributed by atoms with E-state index >= 15 is 0 Å². The van der Waals surface area contributed by atoms with E-state index < -0.39 is 0 Å². The van der Waals surface area contributed by atoms with Crippen LogP contribution < -0.4 is 25.5 Å². The van der Waals surface area contributed by atoms with Gasteiger partial charge < -0.3 is 14.6 Å². The normalized spacial score (nSPS) is 13.9. The average molecular weight is 624 g/mol. The third kappa shape index (κ3) is 4.73. The van der Waals surface area contributed by atoms with E-state index in [1.165, 1.54) is 56.2 Å². The molecule has 0 radical (unpaired) electrons. The minimum Gasteiger partial charge on any atom is -0.373 e. The lowest BCUT2D eigenvalue weighted by Gasteiger charge is -2.49. The van der Waals surface area contributed by atoms with E-state index in [9.17, 15) is 0 Å². The Kier molecular flexibility index (Phi) is 7.03. The molecule has 0 aromatic heterocycles. The number of hydrogen-bond donors (Lipinski definition) is 0. The van der Waals surface area contributed by atoms with Crippen LogP contribution in [0.5, 0.6) is 0 Å². The Balaban J connectivity index is 1.51. The fourth-order valence-corrected chi connectivity index (χ4v) is 7.77. The van der Waals surface area contributed by atoms with Gasteiger partial charge in [-0.05, 0) is 81.4 Å². The summed E-state index contributed by atoms with van der Waals surface area (Å²) < 4.78 is 0. The van der Waals surface area contributed by atoms with Crippen LogP contribution in [0.3, 0.4) is 0 Å². The van der Waals surface area contributed by atoms with Crippen molar-refractivity contribution in [1.29, 1.82) is 0 Å². The molecule has 0 bridgehead atoms. The van der Waals surface area contributed by atoms with Crippen LogP contribution in [0, 0.1) is 0 Å². The van der Waals surface area contributed by atoms with Gasteiger partial charge in [0, 0.05) is 22.7 Å². The van der Waals surface area contributed by atoms with Crippen molar-refractivity contribution in [3.05, 3.63) is 157 Å². The number of benzene rings is 6. The van der Waals surface area contributed by atoms with Crippen molar-refractivity contribution >= 4 is 63.3 Å². The van der Waals surface area contributed by atoms with Crippen molar-refractivity contribution in [3.63, 3.8) is 0 Å². The molecule has 0 atom stereocenters. The number of fused-ring (bicyclic) bond motifs is 4. The van der Waals surface area contributed by atoms with E-state index in [1.807, 2.05) is 0 Å². The summed E-state index contributed by atoms with van der Waals surface area (Å²) in [5, 5.41) is 0. The topological polar surface area (TPSA) is 9.72 Å². The first kappa shape index (κ1) is 30.1. The smallest absolute Gasteiger partial charge is 0.332 e. The molecule has 2 aliphatic heterocycles. The first-order valence-electron chi connectivity index (χ1n) is 17.1. The van der Waals surface area contributed by atoms with Crippen molar-refractivity contribution < 1.29 is 0 Å². The molecule has 8 rings (SSSR count). The van der Waals surface area contributed by atoms with Crippen LogP contribution in [0.25, 0.3) is 0 Å². The molecule has 6 aromatic carbocycles. The highest BCUT2D eigenvalue weighted by Gasteiger charge is 2.46. The summed E-state index contributed by atoms with van der Waals surface area (Å²) >= 11 is 0. The molecule has 0 saturated heterocycles. The van der Waals surface area contributed by atoms with Crippen LogP contribution >= 0.6 is 0 Å². The highest BCUT2D eigenvalue weighted by molar-refractivity contribution is 6.92. The largest absolute Gasteiger partial charge is 0.373 e. The molecule has 0 spiro atoms. The molecule has 0 amide bonds. The highest BCUT2D eigenvalue weighted by Crippen LogP contribution is 2.57. The Morgan fingerprint density at radius 1 is 0.375 bits per heavy atom. The van der Waals surface area contributed by atoms with Gasteiger partial charge >= 0.3 is 6.85 Å². The molecule has 236 valence electrons. The second-order valence-electron chi connectivity index (χ2n) is 15.1. The quantitative estimate of drug-likeness (QED) is 0.182. The van der Waals surface area contributed by atoms with E-state index in [0.29, 0.717) is 0 Å². The zero-order chi connectivity index (χ0) is 33.2. The predicted molar refractivity (Wildman–Crippen MR) is 207 cm³/mol. The molecule has 2 aliphatic rings. The molecule has 2 heterocycles. The van der Waals surface area contributed by atoms with E-state index in [-0.39, 0.29) is 17.7 Å². The SMILES string of the molecule is CC(C)(C)c1cccc2c1N(B1c3ccccc3N(c3ccccc3)c3ccccc31)c1c(cccc1C(C)(C)C)N2c1ccccc1. The minimum atomic E-state index is -0.107. The molecule has 0 aliphatic carbocycles. The Morgan fingerprint density at radius 2 is 0.729 bits per heavy atom. The molecule has 0 N–H and O–H groups in total. The summed E-state index contributed by atoms with van der Waals surface area (Å²) in [5.41, 5.74) is 14.7. The molecular weight excluding hydrogens is 581 g/mol. The summed E-state index contributed by atoms with van der Waals surface area (Å²) in [6, 6.07) is 53.5. The Bertz CT molecular complexity index is 2010. The van der Waals surface area contributed by atoms with Gasteiger partial charge in [0.1, 0.15) is 0 Å². The van der Waals surface area contributed by atoms with E-state index in [1.54, 1.807) is 0 Å². The van der Waals surface area contributed by atoms with Gasteiger partial charge in [0.2, 0.25) is 0 Å². The number of anilines is 8. The first-order valence-corrected chi connectivity index (χ1v) is 17.1. The number of para-hydroxylation sites is 6. The Labute approximate surface area is 286 Å². The van der Waals surface area contributed by atoms with Crippen LogP contribution in [-0.4, -0.2) is 6.85 Å². The molecule has 0 fully saturated rings. The molecule has 4 heteroatoms. The Morgan fingerprint density at radius 3 is 1.15 bits per heavy atom. The summed E-state index contributed by atoms with van der Waals surface area (Å²) in [6.45, 7) is 14.0. The fourth-order valence-electron chi connectivity index (χ4n) is 7.77. The third-order valence-corrected chi connectivity index (χ3v) is 9.84. The van der Waals surface area contributed by atoms with Gasteiger partial charge in [-0.25, -0.2) is 0 Å². The fraction of sp³-hybridized carbons (Fsp3) is 0.182. The second-order valence-corrected chi connectivity index (χ2v) is 15.1. The molecular formula is C44H42BN3. The van der Waals surface area contributed by atoms with E-state index in [2.05, 4.69) is 202 Å². The van der Waals surface area contributed by atoms with Gasteiger partial charge in [-0.15, -0.1) is 0 Å². The zero-order valence-corrected chi connectivity index (χ0v) is 28.8. The summed E-state index contributed by atoms with van der Waals surface area (Å²) in [5.74, 6) is 0. The van der Waals surface area contributed by atoms with Crippen LogP contribution in [0.4, 0.5) is 45.5 Å². The van der Waals surface area contributed by atoms with Crippen LogP contribution in [-0.2, 0) is 10.8 Å². The first-order chi connectivity index (χ1) is 23.1. The predicted octanol–water partition coefficient (Wildman–Crippen LogP) is 10.8. The number of rotatable bonds is 3. The van der Waals surface area contributed by atoms with Gasteiger partial charge in [-0.2, -0.15) is 0 Å². The molecule has 3 nitrogen and oxygen atoms in total. The van der Waals surface area contributed by atoms with Gasteiger partial charge in [0.25, 0.3) is 0 Å². The maximum atomic E-state index is 2.71. The van der Waals surface area contributed by atoms with Crippen molar-refractivity contribution in [1.82, 2.24) is 0 Å². The van der Waals surface area contributed by atoms with Gasteiger partial charge in [0.05, 0.1) is 22.7 Å². The van der Waals surface area contributed by atoms with E-state index in [4.69, 9.17) is 0 Å². The summed E-state index contributed by atoms with van der Waals surface area (Å²) in [7, 11) is 0. The van der Waals surface area contributed by atoms with Gasteiger partial charge in [0.15, 0.2) is 0 Å². The third-order valence-electron chi connectivity index (χ3n) is 9.84. The van der Waals surface area contributed by atoms with Crippen LogP contribution in [0.1, 0.15) is 52.7 Å². The minimum absolute atomic E-state index is 0.0696. The maximum absolute atomic E-state index is 2.71. The average Bonchev–Trinajstić information content (AvgIpc) is 3.09. The molecule has 0 unspecified atom stereocenters. The lowest BCUT2D eigenvalue weighted by atomic mass is 9.45. The van der Waals surface area contributed by atoms with E-state index in [0.717, 1.165) is 11.4 Å². The van der Waals surface area contributed by atoms with Crippen LogP contribution in [0.15, 0.2) is 146 Å². The number of nitrogens with zero attached hydrogens (tertiary/aromatic N) is 3. The van der Waals surface area contributed by atoms with Crippen molar-refractivity contribution in [2.45, 2.75) is 52.4 Å². The van der Waals surface area contributed by atoms with Crippen LogP contribution in [0.2, 0.25) is 0 Å². The lowest BCUT2D eigenvalue weighted by molar-refractivity contribution is 0.587. The monoisotopic (exact) mass is 623 g/mol. The highest BCUT2D eigenvalue weighted by atomic mass is 15.3. The van der Waals surface area contributed by atoms with Crippen molar-refractivity contribution in [3.8, 4) is 0 Å². The second kappa shape index (κ2) is 11.2. The van der Waals surface area contributed by atoms with Crippen molar-refractivity contribution in [2.75, 3.05) is 14.6 Å². The van der Waals surface area contributed by atoms with Gasteiger partial charge in [-0.3, -0.25) is 0 Å². The number of hydrogen-bond acceptors (Lipinski definition) is 3.